The number of fused-ring (bicyclic) bond motifs is 2. The molecule has 2 aliphatic rings. The lowest BCUT2D eigenvalue weighted by Crippen LogP contribution is -2.26. The fourth-order valence-corrected chi connectivity index (χ4v) is 5.78. The average molecular weight is 332 g/mol. The highest BCUT2D eigenvalue weighted by molar-refractivity contribution is 7.20. The minimum Gasteiger partial charge on any atom is -0.310 e. The highest BCUT2D eigenvalue weighted by Gasteiger charge is 2.40. The standard InChI is InChI=1S/C16H23Cl2NS/c1-2-5-19-14(13-9-15(17)20-16(13)18)8-12-7-10-3-4-11(12)6-10/h9-12,14,19H,2-8H2,1H3. The van der Waals surface area contributed by atoms with Crippen molar-refractivity contribution in [2.45, 2.75) is 51.5 Å². The smallest absolute Gasteiger partial charge is 0.0991 e. The fraction of sp³-hybridized carbons (Fsp3) is 0.750. The normalized spacial score (nSPS) is 30.1. The largest absolute Gasteiger partial charge is 0.310 e. The van der Waals surface area contributed by atoms with Gasteiger partial charge in [0, 0.05) is 11.6 Å². The van der Waals surface area contributed by atoms with Crippen LogP contribution in [0.1, 0.15) is 57.1 Å². The molecule has 0 aromatic carbocycles. The van der Waals surface area contributed by atoms with Crippen LogP contribution in [0.2, 0.25) is 8.67 Å². The molecule has 2 saturated carbocycles. The first-order valence-electron chi connectivity index (χ1n) is 7.85. The van der Waals surface area contributed by atoms with Gasteiger partial charge in [-0.3, -0.25) is 0 Å². The quantitative estimate of drug-likeness (QED) is 0.681. The molecule has 1 N–H and O–H groups in total. The van der Waals surface area contributed by atoms with Crippen molar-refractivity contribution >= 4 is 34.5 Å². The zero-order valence-electron chi connectivity index (χ0n) is 12.0. The Hall–Kier alpha value is 0.240. The van der Waals surface area contributed by atoms with Crippen molar-refractivity contribution in [2.24, 2.45) is 17.8 Å². The number of hydrogen-bond acceptors (Lipinski definition) is 2. The number of rotatable bonds is 6. The van der Waals surface area contributed by atoms with Gasteiger partial charge >= 0.3 is 0 Å². The van der Waals surface area contributed by atoms with Crippen LogP contribution in [-0.4, -0.2) is 6.54 Å². The van der Waals surface area contributed by atoms with E-state index in [9.17, 15) is 0 Å². The lowest BCUT2D eigenvalue weighted by atomic mass is 9.83. The third-order valence-electron chi connectivity index (χ3n) is 5.12. The molecular formula is C16H23Cl2NS. The Bertz CT molecular complexity index is 459. The summed E-state index contributed by atoms with van der Waals surface area (Å²) < 4.78 is 1.67. The van der Waals surface area contributed by atoms with Crippen molar-refractivity contribution in [3.05, 3.63) is 20.3 Å². The maximum absolute atomic E-state index is 6.38. The number of nitrogens with one attached hydrogen (secondary N) is 1. The summed E-state index contributed by atoms with van der Waals surface area (Å²) in [5.41, 5.74) is 1.22. The maximum Gasteiger partial charge on any atom is 0.0991 e. The monoisotopic (exact) mass is 331 g/mol. The average Bonchev–Trinajstić information content (AvgIpc) is 3.10. The van der Waals surface area contributed by atoms with E-state index < -0.39 is 0 Å². The fourth-order valence-electron chi connectivity index (χ4n) is 4.20. The molecule has 0 radical (unpaired) electrons. The van der Waals surface area contributed by atoms with Crippen LogP contribution in [0.3, 0.4) is 0 Å². The second-order valence-electron chi connectivity index (χ2n) is 6.46. The Morgan fingerprint density at radius 1 is 1.35 bits per heavy atom. The highest BCUT2D eigenvalue weighted by atomic mass is 35.5. The van der Waals surface area contributed by atoms with E-state index in [1.807, 2.05) is 0 Å². The molecule has 4 heteroatoms. The van der Waals surface area contributed by atoms with E-state index in [4.69, 9.17) is 23.2 Å². The van der Waals surface area contributed by atoms with Crippen LogP contribution in [0.15, 0.2) is 6.07 Å². The third-order valence-corrected chi connectivity index (χ3v) is 6.64. The first-order chi connectivity index (χ1) is 9.67. The van der Waals surface area contributed by atoms with Crippen LogP contribution < -0.4 is 5.32 Å². The van der Waals surface area contributed by atoms with Gasteiger partial charge in [0.25, 0.3) is 0 Å². The predicted molar refractivity (Wildman–Crippen MR) is 88.9 cm³/mol. The van der Waals surface area contributed by atoms with Crippen molar-refractivity contribution < 1.29 is 0 Å². The minimum absolute atomic E-state index is 0.385. The molecular weight excluding hydrogens is 309 g/mol. The summed E-state index contributed by atoms with van der Waals surface area (Å²) in [4.78, 5) is 0. The van der Waals surface area contributed by atoms with Crippen molar-refractivity contribution in [2.75, 3.05) is 6.54 Å². The zero-order valence-corrected chi connectivity index (χ0v) is 14.3. The molecule has 4 unspecified atom stereocenters. The molecule has 2 aliphatic carbocycles. The SMILES string of the molecule is CCCNC(CC1CC2CCC1C2)c1cc(Cl)sc1Cl. The zero-order chi connectivity index (χ0) is 14.1. The number of hydrogen-bond donors (Lipinski definition) is 1. The molecule has 0 amide bonds. The molecule has 112 valence electrons. The molecule has 0 aliphatic heterocycles. The van der Waals surface area contributed by atoms with E-state index in [-0.39, 0.29) is 0 Å². The number of halogens is 2. The first kappa shape index (κ1) is 15.1. The molecule has 0 saturated heterocycles. The highest BCUT2D eigenvalue weighted by Crippen LogP contribution is 2.51. The van der Waals surface area contributed by atoms with Gasteiger partial charge in [0.05, 0.1) is 8.67 Å². The van der Waals surface area contributed by atoms with Gasteiger partial charge in [-0.15, -0.1) is 11.3 Å². The molecule has 1 nitrogen and oxygen atoms in total. The molecule has 1 aromatic rings. The van der Waals surface area contributed by atoms with Gasteiger partial charge in [-0.1, -0.05) is 36.5 Å². The van der Waals surface area contributed by atoms with Crippen LogP contribution in [0.4, 0.5) is 0 Å². The summed E-state index contributed by atoms with van der Waals surface area (Å²) in [5, 5.41) is 3.69. The Labute approximate surface area is 136 Å². The van der Waals surface area contributed by atoms with E-state index >= 15 is 0 Å². The van der Waals surface area contributed by atoms with Crippen LogP contribution >= 0.6 is 34.5 Å². The van der Waals surface area contributed by atoms with Gasteiger partial charge in [-0.25, -0.2) is 0 Å². The van der Waals surface area contributed by atoms with Crippen molar-refractivity contribution in [1.82, 2.24) is 5.32 Å². The van der Waals surface area contributed by atoms with E-state index in [2.05, 4.69) is 18.3 Å². The third kappa shape index (κ3) is 3.19. The Morgan fingerprint density at radius 2 is 2.20 bits per heavy atom. The van der Waals surface area contributed by atoms with Crippen LogP contribution in [0, 0.1) is 17.8 Å². The van der Waals surface area contributed by atoms with Gasteiger partial charge < -0.3 is 5.32 Å². The summed E-state index contributed by atoms with van der Waals surface area (Å²) in [6.07, 6.45) is 8.22. The molecule has 2 fully saturated rings. The summed E-state index contributed by atoms with van der Waals surface area (Å²) in [6.45, 7) is 3.26. The molecule has 4 atom stereocenters. The second kappa shape index (κ2) is 6.56. The topological polar surface area (TPSA) is 12.0 Å². The van der Waals surface area contributed by atoms with E-state index in [0.717, 1.165) is 39.4 Å². The molecule has 1 aromatic heterocycles. The van der Waals surface area contributed by atoms with Crippen LogP contribution in [0.25, 0.3) is 0 Å². The van der Waals surface area contributed by atoms with Gasteiger partial charge in [-0.2, -0.15) is 0 Å². The van der Waals surface area contributed by atoms with Gasteiger partial charge in [0.2, 0.25) is 0 Å². The lowest BCUT2D eigenvalue weighted by Gasteiger charge is -2.27. The van der Waals surface area contributed by atoms with Crippen molar-refractivity contribution in [3.8, 4) is 0 Å². The molecule has 2 bridgehead atoms. The molecule has 0 spiro atoms. The van der Waals surface area contributed by atoms with Crippen molar-refractivity contribution in [3.63, 3.8) is 0 Å². The van der Waals surface area contributed by atoms with Gasteiger partial charge in [-0.05, 0) is 62.5 Å². The van der Waals surface area contributed by atoms with Crippen LogP contribution in [-0.2, 0) is 0 Å². The molecule has 20 heavy (non-hydrogen) atoms. The summed E-state index contributed by atoms with van der Waals surface area (Å²) >= 11 is 14.0. The molecule has 1 heterocycles. The maximum atomic E-state index is 6.38. The van der Waals surface area contributed by atoms with Gasteiger partial charge in [0.1, 0.15) is 0 Å². The Morgan fingerprint density at radius 3 is 2.75 bits per heavy atom. The summed E-state index contributed by atoms with van der Waals surface area (Å²) in [6, 6.07) is 2.45. The second-order valence-corrected chi connectivity index (χ2v) is 8.74. The van der Waals surface area contributed by atoms with E-state index in [1.54, 1.807) is 0 Å². The minimum atomic E-state index is 0.385. The van der Waals surface area contributed by atoms with E-state index in [0.29, 0.717) is 6.04 Å². The number of thiophene rings is 1. The van der Waals surface area contributed by atoms with Crippen molar-refractivity contribution in [1.29, 1.82) is 0 Å². The summed E-state index contributed by atoms with van der Waals surface area (Å²) in [5.74, 6) is 2.87. The van der Waals surface area contributed by atoms with Gasteiger partial charge in [0.15, 0.2) is 0 Å². The van der Waals surface area contributed by atoms with Crippen LogP contribution in [0.5, 0.6) is 0 Å². The Balaban J connectivity index is 1.71. The molecule has 3 rings (SSSR count). The Kier molecular flexibility index (Phi) is 4.97. The summed E-state index contributed by atoms with van der Waals surface area (Å²) in [7, 11) is 0. The lowest BCUT2D eigenvalue weighted by molar-refractivity contribution is 0.279. The van der Waals surface area contributed by atoms with E-state index in [1.165, 1.54) is 49.0 Å². The first-order valence-corrected chi connectivity index (χ1v) is 9.42. The predicted octanol–water partition coefficient (Wildman–Crippen LogP) is 5.92.